The number of aryl methyl sites for hydroxylation is 2. The summed E-state index contributed by atoms with van der Waals surface area (Å²) in [6.45, 7) is 0.686. The van der Waals surface area contributed by atoms with Gasteiger partial charge in [0.1, 0.15) is 11.6 Å². The number of methoxy groups -OCH3 is 1. The lowest BCUT2D eigenvalue weighted by molar-refractivity contribution is 0.408. The van der Waals surface area contributed by atoms with Crippen LogP contribution in [-0.2, 0) is 18.8 Å². The minimum absolute atomic E-state index is 0.350. The molecule has 0 unspecified atom stereocenters. The van der Waals surface area contributed by atoms with Gasteiger partial charge in [0, 0.05) is 19.0 Å². The molecule has 0 aliphatic rings. The van der Waals surface area contributed by atoms with Crippen molar-refractivity contribution in [2.24, 2.45) is 0 Å². The summed E-state index contributed by atoms with van der Waals surface area (Å²) in [6.07, 6.45) is 1.98. The van der Waals surface area contributed by atoms with Gasteiger partial charge in [0.25, 0.3) is 0 Å². The highest BCUT2D eigenvalue weighted by molar-refractivity contribution is 6.16. The standard InChI is InChI=1S/C13H13ClN4O2/c1-19-9-2-3-10-11(6-9)18(13(7-14)16-10)5-4-12-15-8-20-17-12/h2-3,6,8H,4-5,7H2,1H3. The van der Waals surface area contributed by atoms with Gasteiger partial charge in [0.2, 0.25) is 6.39 Å². The summed E-state index contributed by atoms with van der Waals surface area (Å²) in [4.78, 5) is 8.53. The van der Waals surface area contributed by atoms with Gasteiger partial charge in [-0.05, 0) is 12.1 Å². The molecule has 2 heterocycles. The summed E-state index contributed by atoms with van der Waals surface area (Å²) in [5.74, 6) is 2.62. The Morgan fingerprint density at radius 3 is 3.00 bits per heavy atom. The Morgan fingerprint density at radius 2 is 2.30 bits per heavy atom. The number of imidazole rings is 1. The fourth-order valence-electron chi connectivity index (χ4n) is 2.15. The molecule has 7 heteroatoms. The van der Waals surface area contributed by atoms with E-state index in [4.69, 9.17) is 20.9 Å². The smallest absolute Gasteiger partial charge is 0.213 e. The summed E-state index contributed by atoms with van der Waals surface area (Å²) in [6, 6.07) is 5.76. The highest BCUT2D eigenvalue weighted by Gasteiger charge is 2.11. The Hall–Kier alpha value is -2.08. The second kappa shape index (κ2) is 5.50. The molecule has 0 fully saturated rings. The number of hydrogen-bond donors (Lipinski definition) is 0. The topological polar surface area (TPSA) is 66.0 Å². The lowest BCUT2D eigenvalue weighted by Gasteiger charge is -2.06. The number of halogens is 1. The largest absolute Gasteiger partial charge is 0.497 e. The average Bonchev–Trinajstić information content (AvgIpc) is 3.11. The number of fused-ring (bicyclic) bond motifs is 1. The van der Waals surface area contributed by atoms with E-state index in [0.29, 0.717) is 24.7 Å². The molecule has 0 atom stereocenters. The zero-order chi connectivity index (χ0) is 13.9. The zero-order valence-corrected chi connectivity index (χ0v) is 11.7. The Balaban J connectivity index is 1.97. The predicted octanol–water partition coefficient (Wildman–Crippen LogP) is 2.41. The first-order chi connectivity index (χ1) is 9.81. The van der Waals surface area contributed by atoms with E-state index in [-0.39, 0.29) is 0 Å². The highest BCUT2D eigenvalue weighted by atomic mass is 35.5. The first-order valence-corrected chi connectivity index (χ1v) is 6.69. The van der Waals surface area contributed by atoms with E-state index in [1.54, 1.807) is 7.11 Å². The van der Waals surface area contributed by atoms with Crippen molar-refractivity contribution < 1.29 is 9.26 Å². The molecular weight excluding hydrogens is 280 g/mol. The Labute approximate surface area is 120 Å². The van der Waals surface area contributed by atoms with Crippen molar-refractivity contribution in [1.29, 1.82) is 0 Å². The second-order valence-electron chi connectivity index (χ2n) is 4.27. The molecule has 104 valence electrons. The van der Waals surface area contributed by atoms with Crippen molar-refractivity contribution >= 4 is 22.6 Å². The van der Waals surface area contributed by atoms with E-state index >= 15 is 0 Å². The predicted molar refractivity (Wildman–Crippen MR) is 73.8 cm³/mol. The van der Waals surface area contributed by atoms with Crippen LogP contribution in [0.15, 0.2) is 29.1 Å². The summed E-state index contributed by atoms with van der Waals surface area (Å²) in [7, 11) is 1.64. The Bertz CT molecular complexity index is 709. The molecule has 0 aliphatic carbocycles. The summed E-state index contributed by atoms with van der Waals surface area (Å²) in [5, 5.41) is 3.81. The van der Waals surface area contributed by atoms with Crippen molar-refractivity contribution in [2.75, 3.05) is 7.11 Å². The average molecular weight is 293 g/mol. The summed E-state index contributed by atoms with van der Waals surface area (Å²) < 4.78 is 12.0. The fraction of sp³-hybridized carbons (Fsp3) is 0.308. The lowest BCUT2D eigenvalue weighted by atomic mass is 10.3. The van der Waals surface area contributed by atoms with Crippen LogP contribution in [0.5, 0.6) is 5.75 Å². The summed E-state index contributed by atoms with van der Waals surface area (Å²) in [5.41, 5.74) is 1.89. The van der Waals surface area contributed by atoms with Gasteiger partial charge in [-0.15, -0.1) is 11.6 Å². The van der Waals surface area contributed by atoms with E-state index < -0.39 is 0 Å². The Morgan fingerprint density at radius 1 is 1.40 bits per heavy atom. The molecule has 20 heavy (non-hydrogen) atoms. The van der Waals surface area contributed by atoms with Gasteiger partial charge in [0.05, 0.1) is 24.0 Å². The zero-order valence-electron chi connectivity index (χ0n) is 10.9. The van der Waals surface area contributed by atoms with Gasteiger partial charge in [-0.3, -0.25) is 0 Å². The number of rotatable bonds is 5. The van der Waals surface area contributed by atoms with Gasteiger partial charge >= 0.3 is 0 Å². The molecular formula is C13H13ClN4O2. The van der Waals surface area contributed by atoms with Crippen LogP contribution >= 0.6 is 11.6 Å². The van der Waals surface area contributed by atoms with Gasteiger partial charge in [-0.2, -0.15) is 4.98 Å². The molecule has 0 saturated heterocycles. The van der Waals surface area contributed by atoms with E-state index in [1.165, 1.54) is 6.39 Å². The van der Waals surface area contributed by atoms with Gasteiger partial charge < -0.3 is 13.8 Å². The van der Waals surface area contributed by atoms with Gasteiger partial charge in [-0.1, -0.05) is 5.16 Å². The van der Waals surface area contributed by atoms with Crippen molar-refractivity contribution in [2.45, 2.75) is 18.8 Å². The van der Waals surface area contributed by atoms with Crippen LogP contribution in [0.4, 0.5) is 0 Å². The third kappa shape index (κ3) is 2.34. The van der Waals surface area contributed by atoms with Crippen molar-refractivity contribution in [3.63, 3.8) is 0 Å². The van der Waals surface area contributed by atoms with Crippen LogP contribution in [0, 0.1) is 0 Å². The normalized spacial score (nSPS) is 11.1. The van der Waals surface area contributed by atoms with Crippen molar-refractivity contribution in [3.8, 4) is 5.75 Å². The molecule has 2 aromatic heterocycles. The number of benzene rings is 1. The van der Waals surface area contributed by atoms with E-state index in [0.717, 1.165) is 22.6 Å². The molecule has 0 bridgehead atoms. The van der Waals surface area contributed by atoms with Crippen LogP contribution in [0.1, 0.15) is 11.6 Å². The monoisotopic (exact) mass is 292 g/mol. The Kier molecular flexibility index (Phi) is 3.56. The third-order valence-electron chi connectivity index (χ3n) is 3.12. The number of ether oxygens (including phenoxy) is 1. The maximum atomic E-state index is 5.97. The van der Waals surface area contributed by atoms with Crippen LogP contribution in [0.2, 0.25) is 0 Å². The molecule has 3 aromatic rings. The van der Waals surface area contributed by atoms with Crippen molar-refractivity contribution in [3.05, 3.63) is 36.2 Å². The van der Waals surface area contributed by atoms with Crippen molar-refractivity contribution in [1.82, 2.24) is 19.7 Å². The summed E-state index contributed by atoms with van der Waals surface area (Å²) >= 11 is 5.97. The minimum atomic E-state index is 0.350. The fourth-order valence-corrected chi connectivity index (χ4v) is 2.35. The first-order valence-electron chi connectivity index (χ1n) is 6.16. The van der Waals surface area contributed by atoms with E-state index in [9.17, 15) is 0 Å². The second-order valence-corrected chi connectivity index (χ2v) is 4.53. The number of nitrogens with zero attached hydrogens (tertiary/aromatic N) is 4. The molecule has 0 aliphatic heterocycles. The SMILES string of the molecule is COc1ccc2nc(CCl)n(CCc3ncon3)c2c1. The molecule has 0 N–H and O–H groups in total. The molecule has 0 spiro atoms. The molecule has 0 amide bonds. The van der Waals surface area contributed by atoms with Crippen LogP contribution < -0.4 is 4.74 Å². The number of aromatic nitrogens is 4. The van der Waals surface area contributed by atoms with Crippen LogP contribution in [0.3, 0.4) is 0 Å². The van der Waals surface area contributed by atoms with E-state index in [2.05, 4.69) is 19.7 Å². The van der Waals surface area contributed by atoms with E-state index in [1.807, 2.05) is 18.2 Å². The van der Waals surface area contributed by atoms with Crippen LogP contribution in [0.25, 0.3) is 11.0 Å². The first kappa shape index (κ1) is 12.9. The van der Waals surface area contributed by atoms with Gasteiger partial charge in [-0.25, -0.2) is 4.98 Å². The van der Waals surface area contributed by atoms with Gasteiger partial charge in [0.15, 0.2) is 5.82 Å². The quantitative estimate of drug-likeness (QED) is 0.676. The molecule has 1 aromatic carbocycles. The maximum Gasteiger partial charge on any atom is 0.213 e. The lowest BCUT2D eigenvalue weighted by Crippen LogP contribution is -2.06. The maximum absolute atomic E-state index is 5.97. The molecule has 3 rings (SSSR count). The van der Waals surface area contributed by atoms with Crippen LogP contribution in [-0.4, -0.2) is 26.8 Å². The number of alkyl halides is 1. The number of hydrogen-bond acceptors (Lipinski definition) is 5. The third-order valence-corrected chi connectivity index (χ3v) is 3.36. The molecule has 6 nitrogen and oxygen atoms in total. The minimum Gasteiger partial charge on any atom is -0.497 e. The highest BCUT2D eigenvalue weighted by Crippen LogP contribution is 2.23. The molecule has 0 saturated carbocycles. The molecule has 0 radical (unpaired) electrons.